The van der Waals surface area contributed by atoms with E-state index >= 15 is 0 Å². The van der Waals surface area contributed by atoms with Gasteiger partial charge in [-0.25, -0.2) is 9.07 Å². The van der Waals surface area contributed by atoms with Crippen molar-refractivity contribution in [3.8, 4) is 11.8 Å². The molecule has 1 aromatic carbocycles. The maximum atomic E-state index is 13.0. The third kappa shape index (κ3) is 3.95. The van der Waals surface area contributed by atoms with Crippen LogP contribution in [0.5, 0.6) is 0 Å². The van der Waals surface area contributed by atoms with E-state index in [0.717, 1.165) is 0 Å². The molecule has 0 spiro atoms. The molecule has 1 amide bonds. The fourth-order valence-electron chi connectivity index (χ4n) is 2.33. The summed E-state index contributed by atoms with van der Waals surface area (Å²) >= 11 is 0. The van der Waals surface area contributed by atoms with Crippen molar-refractivity contribution in [1.82, 2.24) is 15.1 Å². The Balaban J connectivity index is 2.20. The monoisotopic (exact) mass is 314 g/mol. The van der Waals surface area contributed by atoms with Crippen molar-refractivity contribution >= 4 is 5.91 Å². The quantitative estimate of drug-likeness (QED) is 0.922. The fraction of sp³-hybridized carbons (Fsp3) is 0.353. The van der Waals surface area contributed by atoms with E-state index in [1.165, 1.54) is 18.3 Å². The zero-order valence-corrected chi connectivity index (χ0v) is 13.4. The first-order valence-electron chi connectivity index (χ1n) is 7.43. The molecule has 1 heterocycles. The molecule has 2 rings (SSSR count). The minimum absolute atomic E-state index is 0.308. The summed E-state index contributed by atoms with van der Waals surface area (Å²) in [5.41, 5.74) is 1.70. The molecule has 0 fully saturated rings. The summed E-state index contributed by atoms with van der Waals surface area (Å²) < 4.78 is 14.6. The number of halogens is 1. The minimum Gasteiger partial charge on any atom is -0.336 e. The molecule has 5 nitrogen and oxygen atoms in total. The van der Waals surface area contributed by atoms with E-state index in [4.69, 9.17) is 5.26 Å². The van der Waals surface area contributed by atoms with Crippen LogP contribution in [-0.4, -0.2) is 21.7 Å². The van der Waals surface area contributed by atoms with E-state index in [0.29, 0.717) is 29.3 Å². The van der Waals surface area contributed by atoms with Crippen LogP contribution in [0.4, 0.5) is 4.39 Å². The Morgan fingerprint density at radius 3 is 2.61 bits per heavy atom. The van der Waals surface area contributed by atoms with Gasteiger partial charge in [-0.15, -0.1) is 0 Å². The molecule has 0 radical (unpaired) electrons. The number of carbonyl (C=O) groups is 1. The molecular formula is C17H19FN4O. The van der Waals surface area contributed by atoms with Crippen LogP contribution in [0, 0.1) is 30.0 Å². The van der Waals surface area contributed by atoms with Crippen molar-refractivity contribution in [3.05, 3.63) is 47.5 Å². The summed E-state index contributed by atoms with van der Waals surface area (Å²) in [5, 5.41) is 16.0. The molecule has 1 unspecified atom stereocenters. The summed E-state index contributed by atoms with van der Waals surface area (Å²) in [7, 11) is 0. The molecule has 0 aliphatic carbocycles. The Labute approximate surface area is 134 Å². The van der Waals surface area contributed by atoms with Crippen molar-refractivity contribution < 1.29 is 9.18 Å². The number of nitrogens with zero attached hydrogens (tertiary/aromatic N) is 3. The van der Waals surface area contributed by atoms with Gasteiger partial charge in [0.25, 0.3) is 5.91 Å². The Morgan fingerprint density at radius 2 is 2.04 bits per heavy atom. The molecule has 0 aliphatic heterocycles. The lowest BCUT2D eigenvalue weighted by Gasteiger charge is -2.13. The van der Waals surface area contributed by atoms with Crippen LogP contribution in [0.2, 0.25) is 0 Å². The van der Waals surface area contributed by atoms with Crippen molar-refractivity contribution in [1.29, 1.82) is 5.26 Å². The van der Waals surface area contributed by atoms with Crippen LogP contribution in [0.3, 0.4) is 0 Å². The summed E-state index contributed by atoms with van der Waals surface area (Å²) in [5.74, 6) is -0.354. The van der Waals surface area contributed by atoms with Gasteiger partial charge in [0.1, 0.15) is 11.9 Å². The molecule has 0 saturated carbocycles. The van der Waals surface area contributed by atoms with Crippen LogP contribution in [0.1, 0.15) is 36.3 Å². The Morgan fingerprint density at radius 1 is 1.39 bits per heavy atom. The van der Waals surface area contributed by atoms with Crippen LogP contribution < -0.4 is 5.32 Å². The van der Waals surface area contributed by atoms with Gasteiger partial charge in [0, 0.05) is 0 Å². The fourth-order valence-corrected chi connectivity index (χ4v) is 2.33. The number of hydrogen-bond acceptors (Lipinski definition) is 3. The summed E-state index contributed by atoms with van der Waals surface area (Å²) in [6, 6.07) is 7.42. The van der Waals surface area contributed by atoms with E-state index in [1.807, 2.05) is 13.8 Å². The largest absolute Gasteiger partial charge is 0.336 e. The molecule has 23 heavy (non-hydrogen) atoms. The van der Waals surface area contributed by atoms with E-state index < -0.39 is 6.04 Å². The van der Waals surface area contributed by atoms with E-state index in [9.17, 15) is 9.18 Å². The topological polar surface area (TPSA) is 70.7 Å². The van der Waals surface area contributed by atoms with Gasteiger partial charge in [-0.05, 0) is 43.5 Å². The molecule has 0 bridgehead atoms. The second-order valence-electron chi connectivity index (χ2n) is 5.82. The molecule has 0 aliphatic rings. The van der Waals surface area contributed by atoms with Gasteiger partial charge in [0.2, 0.25) is 0 Å². The molecule has 1 atom stereocenters. The number of aromatic nitrogens is 2. The maximum absolute atomic E-state index is 13.0. The highest BCUT2D eigenvalue weighted by atomic mass is 19.1. The van der Waals surface area contributed by atoms with Crippen molar-refractivity contribution in [2.75, 3.05) is 0 Å². The van der Waals surface area contributed by atoms with Crippen LogP contribution in [-0.2, 0) is 0 Å². The van der Waals surface area contributed by atoms with E-state index in [1.54, 1.807) is 23.7 Å². The number of hydrogen-bond donors (Lipinski definition) is 1. The number of amides is 1. The third-order valence-corrected chi connectivity index (χ3v) is 3.49. The number of rotatable bonds is 5. The van der Waals surface area contributed by atoms with Gasteiger partial charge < -0.3 is 5.32 Å². The normalized spacial score (nSPS) is 12.0. The van der Waals surface area contributed by atoms with E-state index in [-0.39, 0.29) is 11.7 Å². The first kappa shape index (κ1) is 16.7. The predicted molar refractivity (Wildman–Crippen MR) is 84.6 cm³/mol. The highest BCUT2D eigenvalue weighted by Gasteiger charge is 2.19. The van der Waals surface area contributed by atoms with Gasteiger partial charge in [-0.1, -0.05) is 13.8 Å². The second-order valence-corrected chi connectivity index (χ2v) is 5.82. The van der Waals surface area contributed by atoms with Crippen LogP contribution >= 0.6 is 0 Å². The Kier molecular flexibility index (Phi) is 5.12. The Bertz CT molecular complexity index is 728. The van der Waals surface area contributed by atoms with Gasteiger partial charge in [-0.3, -0.25) is 4.79 Å². The minimum atomic E-state index is -0.531. The zero-order valence-electron chi connectivity index (χ0n) is 13.4. The highest BCUT2D eigenvalue weighted by molar-refractivity contribution is 5.95. The lowest BCUT2D eigenvalue weighted by atomic mass is 10.0. The first-order valence-corrected chi connectivity index (χ1v) is 7.43. The lowest BCUT2D eigenvalue weighted by molar-refractivity contribution is 0.0941. The molecule has 1 aromatic heterocycles. The van der Waals surface area contributed by atoms with Crippen LogP contribution in [0.15, 0.2) is 30.5 Å². The number of benzene rings is 1. The van der Waals surface area contributed by atoms with E-state index in [2.05, 4.69) is 16.5 Å². The lowest BCUT2D eigenvalue weighted by Crippen LogP contribution is -2.34. The molecule has 6 heteroatoms. The SMILES string of the molecule is Cc1c(C(=O)NC(C#N)CC(C)C)cnn1-c1ccc(F)cc1. The zero-order chi connectivity index (χ0) is 17.0. The predicted octanol–water partition coefficient (Wildman–Crippen LogP) is 2.99. The van der Waals surface area contributed by atoms with Crippen molar-refractivity contribution in [2.45, 2.75) is 33.2 Å². The molecule has 2 aromatic rings. The molecule has 120 valence electrons. The van der Waals surface area contributed by atoms with Crippen LogP contribution in [0.25, 0.3) is 5.69 Å². The van der Waals surface area contributed by atoms with Gasteiger partial charge in [0.05, 0.1) is 29.2 Å². The maximum Gasteiger partial charge on any atom is 0.255 e. The van der Waals surface area contributed by atoms with Gasteiger partial charge in [-0.2, -0.15) is 10.4 Å². The smallest absolute Gasteiger partial charge is 0.255 e. The average Bonchev–Trinajstić information content (AvgIpc) is 2.88. The third-order valence-electron chi connectivity index (χ3n) is 3.49. The van der Waals surface area contributed by atoms with Gasteiger partial charge >= 0.3 is 0 Å². The van der Waals surface area contributed by atoms with Crippen molar-refractivity contribution in [3.63, 3.8) is 0 Å². The molecular weight excluding hydrogens is 295 g/mol. The number of nitrogens with one attached hydrogen (secondary N) is 1. The Hall–Kier alpha value is -2.68. The molecule has 0 saturated heterocycles. The summed E-state index contributed by atoms with van der Waals surface area (Å²) in [6.07, 6.45) is 2.05. The first-order chi connectivity index (χ1) is 10.9. The second kappa shape index (κ2) is 7.05. The standard InChI is InChI=1S/C17H19FN4O/c1-11(2)8-14(9-19)21-17(23)16-10-20-22(12(16)3)15-6-4-13(18)5-7-15/h4-7,10-11,14H,8H2,1-3H3,(H,21,23). The summed E-state index contributed by atoms with van der Waals surface area (Å²) in [6.45, 7) is 5.75. The average molecular weight is 314 g/mol. The van der Waals surface area contributed by atoms with Gasteiger partial charge in [0.15, 0.2) is 0 Å². The van der Waals surface area contributed by atoms with Crippen molar-refractivity contribution in [2.24, 2.45) is 5.92 Å². The summed E-state index contributed by atoms with van der Waals surface area (Å²) in [4.78, 5) is 12.3. The number of nitriles is 1. The molecule has 1 N–H and O–H groups in total. The number of carbonyl (C=O) groups excluding carboxylic acids is 1. The highest BCUT2D eigenvalue weighted by Crippen LogP contribution is 2.15.